The molecule has 0 saturated heterocycles. The summed E-state index contributed by atoms with van der Waals surface area (Å²) in [6.07, 6.45) is -4.33. The topological polar surface area (TPSA) is 76.7 Å². The number of hydrogen-bond acceptors (Lipinski definition) is 4. The summed E-state index contributed by atoms with van der Waals surface area (Å²) >= 11 is 0. The smallest absolute Gasteiger partial charge is 0.416 e. The first-order valence-corrected chi connectivity index (χ1v) is 8.67. The van der Waals surface area contributed by atoms with Crippen LogP contribution in [-0.4, -0.2) is 39.1 Å². The Morgan fingerprint density at radius 3 is 2.10 bits per heavy atom. The predicted octanol–water partition coefficient (Wildman–Crippen LogP) is 2.81. The zero-order valence-corrected chi connectivity index (χ0v) is 15.9. The zero-order valence-electron chi connectivity index (χ0n) is 15.9. The number of nitrogens with one attached hydrogen (secondary N) is 2. The summed E-state index contributed by atoms with van der Waals surface area (Å²) in [5, 5.41) is 5.20. The monoisotopic (exact) mass is 410 g/mol. The molecule has 0 aromatic heterocycles. The van der Waals surface area contributed by atoms with E-state index in [-0.39, 0.29) is 31.0 Å². The van der Waals surface area contributed by atoms with Crippen molar-refractivity contribution in [1.29, 1.82) is 0 Å². The van der Waals surface area contributed by atoms with E-state index in [0.717, 1.165) is 29.8 Å². The maximum absolute atomic E-state index is 12.5. The van der Waals surface area contributed by atoms with Crippen molar-refractivity contribution in [2.75, 3.05) is 27.3 Å². The molecule has 0 radical (unpaired) electrons. The number of benzene rings is 2. The molecule has 0 saturated carbocycles. The highest BCUT2D eigenvalue weighted by Gasteiger charge is 2.30. The molecule has 0 unspecified atom stereocenters. The second kappa shape index (κ2) is 9.81. The molecule has 6 nitrogen and oxygen atoms in total. The van der Waals surface area contributed by atoms with E-state index in [4.69, 9.17) is 9.47 Å². The van der Waals surface area contributed by atoms with Gasteiger partial charge in [-0.05, 0) is 42.0 Å². The van der Waals surface area contributed by atoms with Crippen LogP contribution in [0.5, 0.6) is 11.5 Å². The summed E-state index contributed by atoms with van der Waals surface area (Å²) < 4.78 is 47.9. The largest absolute Gasteiger partial charge is 0.493 e. The van der Waals surface area contributed by atoms with Crippen molar-refractivity contribution in [1.82, 2.24) is 10.6 Å². The van der Waals surface area contributed by atoms with Gasteiger partial charge in [0.15, 0.2) is 11.5 Å². The molecule has 0 fully saturated rings. The van der Waals surface area contributed by atoms with Crippen LogP contribution in [0.1, 0.15) is 21.5 Å². The molecule has 156 valence electrons. The Morgan fingerprint density at radius 2 is 1.52 bits per heavy atom. The van der Waals surface area contributed by atoms with Crippen molar-refractivity contribution >= 4 is 11.8 Å². The van der Waals surface area contributed by atoms with Gasteiger partial charge in [0.05, 0.1) is 26.2 Å². The fourth-order valence-corrected chi connectivity index (χ4v) is 2.53. The predicted molar refractivity (Wildman–Crippen MR) is 100 cm³/mol. The standard InChI is InChI=1S/C20H21F3N2O4/c1-28-16-8-3-13(11-17(16)29-2)12-18(26)24-9-10-25-19(27)14-4-6-15(7-5-14)20(21,22)23/h3-8,11H,9-10,12H2,1-2H3,(H,24,26)(H,25,27). The van der Waals surface area contributed by atoms with Gasteiger partial charge in [0.1, 0.15) is 0 Å². The van der Waals surface area contributed by atoms with Gasteiger partial charge in [-0.25, -0.2) is 0 Å². The lowest BCUT2D eigenvalue weighted by Crippen LogP contribution is -2.35. The number of hydrogen-bond donors (Lipinski definition) is 2. The Balaban J connectivity index is 1.77. The lowest BCUT2D eigenvalue weighted by molar-refractivity contribution is -0.137. The second-order valence-electron chi connectivity index (χ2n) is 6.05. The normalized spacial score (nSPS) is 10.9. The third-order valence-electron chi connectivity index (χ3n) is 4.02. The highest BCUT2D eigenvalue weighted by Crippen LogP contribution is 2.29. The third-order valence-corrected chi connectivity index (χ3v) is 4.02. The molecule has 2 aromatic carbocycles. The highest BCUT2D eigenvalue weighted by molar-refractivity contribution is 5.94. The van der Waals surface area contributed by atoms with Gasteiger partial charge < -0.3 is 20.1 Å². The molecule has 0 heterocycles. The quantitative estimate of drug-likeness (QED) is 0.657. The number of amides is 2. The first-order chi connectivity index (χ1) is 13.7. The Hall–Kier alpha value is -3.23. The molecule has 0 aliphatic heterocycles. The molecule has 0 bridgehead atoms. The number of alkyl halides is 3. The van der Waals surface area contributed by atoms with Gasteiger partial charge in [-0.1, -0.05) is 6.07 Å². The average molecular weight is 410 g/mol. The van der Waals surface area contributed by atoms with Crippen LogP contribution in [0, 0.1) is 0 Å². The SMILES string of the molecule is COc1ccc(CC(=O)NCCNC(=O)c2ccc(C(F)(F)F)cc2)cc1OC. The lowest BCUT2D eigenvalue weighted by Gasteiger charge is -2.10. The van der Waals surface area contributed by atoms with Gasteiger partial charge in [0.2, 0.25) is 5.91 Å². The molecule has 2 amide bonds. The van der Waals surface area contributed by atoms with Gasteiger partial charge in [-0.15, -0.1) is 0 Å². The average Bonchev–Trinajstić information content (AvgIpc) is 2.70. The van der Waals surface area contributed by atoms with Crippen LogP contribution in [0.25, 0.3) is 0 Å². The van der Waals surface area contributed by atoms with Crippen LogP contribution in [-0.2, 0) is 17.4 Å². The van der Waals surface area contributed by atoms with E-state index >= 15 is 0 Å². The van der Waals surface area contributed by atoms with Crippen LogP contribution < -0.4 is 20.1 Å². The first kappa shape index (κ1) is 22.1. The van der Waals surface area contributed by atoms with Gasteiger partial charge in [0, 0.05) is 18.7 Å². The number of carbonyl (C=O) groups is 2. The van der Waals surface area contributed by atoms with Gasteiger partial charge >= 0.3 is 6.18 Å². The molecule has 9 heteroatoms. The molecule has 2 N–H and O–H groups in total. The molecule has 2 aromatic rings. The zero-order chi connectivity index (χ0) is 21.4. The fourth-order valence-electron chi connectivity index (χ4n) is 2.53. The summed E-state index contributed by atoms with van der Waals surface area (Å²) in [6.45, 7) is 0.316. The lowest BCUT2D eigenvalue weighted by atomic mass is 10.1. The van der Waals surface area contributed by atoms with E-state index in [1.54, 1.807) is 18.2 Å². The summed E-state index contributed by atoms with van der Waals surface area (Å²) in [6, 6.07) is 9.05. The minimum atomic E-state index is -4.45. The molecular weight excluding hydrogens is 389 g/mol. The molecular formula is C20H21F3N2O4. The molecule has 29 heavy (non-hydrogen) atoms. The summed E-state index contributed by atoms with van der Waals surface area (Å²) in [4.78, 5) is 24.0. The number of halogens is 3. The highest BCUT2D eigenvalue weighted by atomic mass is 19.4. The minimum absolute atomic E-state index is 0.106. The van der Waals surface area contributed by atoms with Crippen molar-refractivity contribution in [2.24, 2.45) is 0 Å². The fraction of sp³-hybridized carbons (Fsp3) is 0.300. The number of carbonyl (C=O) groups excluding carboxylic acids is 2. The van der Waals surface area contributed by atoms with Gasteiger partial charge in [0.25, 0.3) is 5.91 Å². The summed E-state index contributed by atoms with van der Waals surface area (Å²) in [5.41, 5.74) is 0.0140. The third kappa shape index (κ3) is 6.41. The van der Waals surface area contributed by atoms with Crippen LogP contribution >= 0.6 is 0 Å². The molecule has 0 aliphatic carbocycles. The summed E-state index contributed by atoms with van der Waals surface area (Å²) in [5.74, 6) is 0.304. The van der Waals surface area contributed by atoms with Crippen molar-refractivity contribution in [3.05, 3.63) is 59.2 Å². The van der Waals surface area contributed by atoms with E-state index in [1.165, 1.54) is 14.2 Å². The van der Waals surface area contributed by atoms with E-state index in [1.807, 2.05) is 0 Å². The maximum atomic E-state index is 12.5. The molecule has 0 aliphatic rings. The van der Waals surface area contributed by atoms with Crippen LogP contribution in [0.2, 0.25) is 0 Å². The molecule has 0 spiro atoms. The van der Waals surface area contributed by atoms with Crippen LogP contribution in [0.3, 0.4) is 0 Å². The van der Waals surface area contributed by atoms with E-state index in [0.29, 0.717) is 11.5 Å². The van der Waals surface area contributed by atoms with Crippen molar-refractivity contribution in [3.63, 3.8) is 0 Å². The number of methoxy groups -OCH3 is 2. The van der Waals surface area contributed by atoms with E-state index in [2.05, 4.69) is 10.6 Å². The first-order valence-electron chi connectivity index (χ1n) is 8.67. The van der Waals surface area contributed by atoms with E-state index in [9.17, 15) is 22.8 Å². The van der Waals surface area contributed by atoms with Gasteiger partial charge in [-0.3, -0.25) is 9.59 Å². The molecule has 0 atom stereocenters. The second-order valence-corrected chi connectivity index (χ2v) is 6.05. The van der Waals surface area contributed by atoms with Crippen molar-refractivity contribution in [3.8, 4) is 11.5 Å². The van der Waals surface area contributed by atoms with Crippen molar-refractivity contribution in [2.45, 2.75) is 12.6 Å². The number of rotatable bonds is 8. The van der Waals surface area contributed by atoms with Gasteiger partial charge in [-0.2, -0.15) is 13.2 Å². The Kier molecular flexibility index (Phi) is 7.46. The van der Waals surface area contributed by atoms with Crippen LogP contribution in [0.4, 0.5) is 13.2 Å². The maximum Gasteiger partial charge on any atom is 0.416 e. The summed E-state index contributed by atoms with van der Waals surface area (Å²) in [7, 11) is 3.02. The minimum Gasteiger partial charge on any atom is -0.493 e. The van der Waals surface area contributed by atoms with Crippen LogP contribution in [0.15, 0.2) is 42.5 Å². The Bertz CT molecular complexity index is 852. The Labute approximate surface area is 166 Å². The van der Waals surface area contributed by atoms with Crippen molar-refractivity contribution < 1.29 is 32.2 Å². The Morgan fingerprint density at radius 1 is 0.897 bits per heavy atom. The molecule has 2 rings (SSSR count). The van der Waals surface area contributed by atoms with E-state index < -0.39 is 17.6 Å². The number of ether oxygens (including phenoxy) is 2.